The molecule has 1 aromatic carbocycles. The van der Waals surface area contributed by atoms with E-state index in [0.717, 1.165) is 31.4 Å². The van der Waals surface area contributed by atoms with Gasteiger partial charge in [0.15, 0.2) is 0 Å². The topological polar surface area (TPSA) is 88.2 Å². The highest BCUT2D eigenvalue weighted by molar-refractivity contribution is 7.20. The fourth-order valence-electron chi connectivity index (χ4n) is 4.19. The highest BCUT2D eigenvalue weighted by Gasteiger charge is 2.25. The van der Waals surface area contributed by atoms with Crippen LogP contribution in [0.5, 0.6) is 0 Å². The van der Waals surface area contributed by atoms with E-state index in [4.69, 9.17) is 21.3 Å². The number of esters is 1. The number of nitrogens with zero attached hydrogens (tertiary/aromatic N) is 3. The molecule has 10 heteroatoms. The fraction of sp³-hybridized carbons (Fsp3) is 0.364. The molecule has 3 aromatic heterocycles. The number of hydrogen-bond acceptors (Lipinski definition) is 8. The van der Waals surface area contributed by atoms with Crippen molar-refractivity contribution in [3.05, 3.63) is 54.8 Å². The number of halogens is 1. The number of methoxy groups -OCH3 is 1. The molecule has 0 spiro atoms. The third-order valence-corrected chi connectivity index (χ3v) is 8.50. The average molecular weight is 489 g/mol. The molecule has 0 atom stereocenters. The van der Waals surface area contributed by atoms with Crippen LogP contribution in [-0.2, 0) is 11.3 Å². The third kappa shape index (κ3) is 3.94. The first-order chi connectivity index (χ1) is 15.4. The zero-order chi connectivity index (χ0) is 22.4. The number of aromatic nitrogens is 3. The number of piperidine rings is 1. The van der Waals surface area contributed by atoms with Gasteiger partial charge in [-0.15, -0.1) is 22.7 Å². The van der Waals surface area contributed by atoms with E-state index in [1.165, 1.54) is 28.2 Å². The van der Waals surface area contributed by atoms with Crippen molar-refractivity contribution in [3.8, 4) is 0 Å². The maximum absolute atomic E-state index is 12.7. The Labute approximate surface area is 197 Å². The van der Waals surface area contributed by atoms with Gasteiger partial charge in [0.1, 0.15) is 15.5 Å². The smallest absolute Gasteiger partial charge is 0.348 e. The Bertz CT molecular complexity index is 1390. The van der Waals surface area contributed by atoms with E-state index in [1.54, 1.807) is 18.3 Å². The Balaban J connectivity index is 1.30. The van der Waals surface area contributed by atoms with E-state index in [-0.39, 0.29) is 5.56 Å². The zero-order valence-corrected chi connectivity index (χ0v) is 20.0. The highest BCUT2D eigenvalue weighted by atomic mass is 35.5. The lowest BCUT2D eigenvalue weighted by Crippen LogP contribution is -2.33. The summed E-state index contributed by atoms with van der Waals surface area (Å²) in [7, 11) is 1.34. The second-order valence-electron chi connectivity index (χ2n) is 7.96. The monoisotopic (exact) mass is 488 g/mol. The highest BCUT2D eigenvalue weighted by Crippen LogP contribution is 2.35. The van der Waals surface area contributed by atoms with Gasteiger partial charge in [0.25, 0.3) is 5.56 Å². The first-order valence-electron chi connectivity index (χ1n) is 10.3. The summed E-state index contributed by atoms with van der Waals surface area (Å²) < 4.78 is 5.99. The van der Waals surface area contributed by atoms with Crippen LogP contribution in [0.25, 0.3) is 20.4 Å². The lowest BCUT2D eigenvalue weighted by atomic mass is 9.97. The molecule has 1 fully saturated rings. The molecule has 0 unspecified atom stereocenters. The number of nitrogens with one attached hydrogen (secondary N) is 1. The number of ether oxygens (including phenoxy) is 1. The second-order valence-corrected chi connectivity index (χ2v) is 10.5. The van der Waals surface area contributed by atoms with Gasteiger partial charge in [-0.2, -0.15) is 0 Å². The molecule has 5 rings (SSSR count). The van der Waals surface area contributed by atoms with Gasteiger partial charge < -0.3 is 9.72 Å². The van der Waals surface area contributed by atoms with E-state index >= 15 is 0 Å². The minimum atomic E-state index is -0.439. The quantitative estimate of drug-likeness (QED) is 0.418. The van der Waals surface area contributed by atoms with Gasteiger partial charge in [-0.1, -0.05) is 11.6 Å². The summed E-state index contributed by atoms with van der Waals surface area (Å²) in [5, 5.41) is 2.34. The summed E-state index contributed by atoms with van der Waals surface area (Å²) in [4.78, 5) is 40.3. The number of thiazole rings is 1. The minimum Gasteiger partial charge on any atom is -0.465 e. The van der Waals surface area contributed by atoms with Gasteiger partial charge in [0, 0.05) is 10.9 Å². The van der Waals surface area contributed by atoms with Crippen LogP contribution in [0.1, 0.15) is 44.8 Å². The van der Waals surface area contributed by atoms with Crippen molar-refractivity contribution < 1.29 is 9.53 Å². The first-order valence-corrected chi connectivity index (χ1v) is 12.3. The van der Waals surface area contributed by atoms with E-state index in [2.05, 4.69) is 14.9 Å². The Morgan fingerprint density at radius 3 is 2.81 bits per heavy atom. The predicted octanol–water partition coefficient (Wildman–Crippen LogP) is 4.72. The molecular formula is C22H21ClN4O3S2. The molecule has 32 heavy (non-hydrogen) atoms. The molecule has 4 heterocycles. The van der Waals surface area contributed by atoms with Crippen molar-refractivity contribution in [3.63, 3.8) is 0 Å². The van der Waals surface area contributed by atoms with Crippen LogP contribution in [0.4, 0.5) is 0 Å². The van der Waals surface area contributed by atoms with Crippen LogP contribution >= 0.6 is 34.3 Å². The van der Waals surface area contributed by atoms with Crippen LogP contribution < -0.4 is 5.56 Å². The molecular weight excluding hydrogens is 468 g/mol. The summed E-state index contributed by atoms with van der Waals surface area (Å²) in [6.07, 6.45) is 2.01. The summed E-state index contributed by atoms with van der Waals surface area (Å²) >= 11 is 9.05. The zero-order valence-electron chi connectivity index (χ0n) is 17.6. The largest absolute Gasteiger partial charge is 0.465 e. The number of benzene rings is 1. The Morgan fingerprint density at radius 1 is 1.28 bits per heavy atom. The van der Waals surface area contributed by atoms with Gasteiger partial charge in [-0.3, -0.25) is 9.69 Å². The van der Waals surface area contributed by atoms with Crippen LogP contribution in [0.15, 0.2) is 23.0 Å². The van der Waals surface area contributed by atoms with Crippen molar-refractivity contribution in [1.82, 2.24) is 19.9 Å². The number of likely N-dealkylation sites (tertiary alicyclic amines) is 1. The van der Waals surface area contributed by atoms with Crippen molar-refractivity contribution in [2.75, 3.05) is 20.2 Å². The predicted molar refractivity (Wildman–Crippen MR) is 128 cm³/mol. The molecule has 7 nitrogen and oxygen atoms in total. The molecule has 1 N–H and O–H groups in total. The van der Waals surface area contributed by atoms with Crippen LogP contribution in [-0.4, -0.2) is 46.0 Å². The molecule has 0 bridgehead atoms. The van der Waals surface area contributed by atoms with Crippen LogP contribution in [0, 0.1) is 6.92 Å². The molecule has 1 aliphatic heterocycles. The van der Waals surface area contributed by atoms with Gasteiger partial charge >= 0.3 is 5.97 Å². The SMILES string of the molecule is COC(=O)c1sc2nc(CN3CCC(c4nc5cc(Cl)ccc5s4)CC3)[nH]c(=O)c2c1C. The Morgan fingerprint density at radius 2 is 2.06 bits per heavy atom. The number of thiophene rings is 1. The lowest BCUT2D eigenvalue weighted by molar-refractivity contribution is 0.0605. The molecule has 0 saturated carbocycles. The molecule has 0 amide bonds. The third-order valence-electron chi connectivity index (χ3n) is 5.90. The van der Waals surface area contributed by atoms with Crippen LogP contribution in [0.2, 0.25) is 5.02 Å². The number of H-pyrrole nitrogens is 1. The number of hydrogen-bond donors (Lipinski definition) is 1. The molecule has 4 aromatic rings. The van der Waals surface area contributed by atoms with E-state index in [9.17, 15) is 9.59 Å². The number of fused-ring (bicyclic) bond motifs is 2. The van der Waals surface area contributed by atoms with Crippen molar-refractivity contribution in [2.24, 2.45) is 0 Å². The summed E-state index contributed by atoms with van der Waals surface area (Å²) in [6.45, 7) is 4.13. The van der Waals surface area contributed by atoms with E-state index < -0.39 is 5.97 Å². The van der Waals surface area contributed by atoms with Gasteiger partial charge in [0.05, 0.1) is 34.3 Å². The first kappa shape index (κ1) is 21.5. The summed E-state index contributed by atoms with van der Waals surface area (Å²) in [5.41, 5.74) is 1.37. The Kier molecular flexibility index (Phi) is 5.75. The summed E-state index contributed by atoms with van der Waals surface area (Å²) in [6, 6.07) is 5.86. The number of aromatic amines is 1. The number of aryl methyl sites for hydroxylation is 1. The van der Waals surface area contributed by atoms with E-state index in [1.807, 2.05) is 18.2 Å². The normalized spacial score (nSPS) is 15.6. The molecule has 1 saturated heterocycles. The van der Waals surface area contributed by atoms with Crippen molar-refractivity contribution in [2.45, 2.75) is 32.2 Å². The summed E-state index contributed by atoms with van der Waals surface area (Å²) in [5.74, 6) is 0.610. The number of carbonyl (C=O) groups excluding carboxylic acids is 1. The molecule has 0 radical (unpaired) electrons. The number of carbonyl (C=O) groups is 1. The van der Waals surface area contributed by atoms with Crippen LogP contribution in [0.3, 0.4) is 0 Å². The standard InChI is InChI=1S/C22H21ClN4O3S2/c1-11-17-19(28)25-16(26-21(17)32-18(11)22(29)30-2)10-27-7-5-12(6-8-27)20-24-14-9-13(23)3-4-15(14)31-20/h3-4,9,12H,5-8,10H2,1-2H3,(H,25,26,28). The minimum absolute atomic E-state index is 0.211. The maximum Gasteiger partial charge on any atom is 0.348 e. The molecule has 1 aliphatic rings. The average Bonchev–Trinajstić information content (AvgIpc) is 3.34. The van der Waals surface area contributed by atoms with Gasteiger partial charge in [-0.05, 0) is 56.6 Å². The fourth-order valence-corrected chi connectivity index (χ4v) is 6.60. The lowest BCUT2D eigenvalue weighted by Gasteiger charge is -2.30. The van der Waals surface area contributed by atoms with Crippen molar-refractivity contribution >= 4 is 60.7 Å². The Hall–Kier alpha value is -2.33. The maximum atomic E-state index is 12.7. The van der Waals surface area contributed by atoms with Gasteiger partial charge in [0.2, 0.25) is 0 Å². The number of rotatable bonds is 4. The van der Waals surface area contributed by atoms with Crippen molar-refractivity contribution in [1.29, 1.82) is 0 Å². The van der Waals surface area contributed by atoms with E-state index in [0.29, 0.717) is 44.0 Å². The second kappa shape index (κ2) is 8.55. The van der Waals surface area contributed by atoms with Gasteiger partial charge in [-0.25, -0.2) is 14.8 Å². The molecule has 166 valence electrons. The molecule has 0 aliphatic carbocycles.